The van der Waals surface area contributed by atoms with Crippen molar-refractivity contribution >= 4 is 5.97 Å². The van der Waals surface area contributed by atoms with Crippen LogP contribution in [0.1, 0.15) is 26.7 Å². The van der Waals surface area contributed by atoms with Gasteiger partial charge in [-0.05, 0) is 33.2 Å². The fourth-order valence-electron chi connectivity index (χ4n) is 2.05. The van der Waals surface area contributed by atoms with Gasteiger partial charge >= 0.3 is 5.97 Å². The second-order valence-corrected chi connectivity index (χ2v) is 4.41. The molecule has 0 amide bonds. The molecule has 0 unspecified atom stereocenters. The molecule has 1 heterocycles. The zero-order chi connectivity index (χ0) is 10.8. The molecule has 4 nitrogen and oxygen atoms in total. The topological polar surface area (TPSA) is 58.6 Å². The Balaban J connectivity index is 2.94. The summed E-state index contributed by atoms with van der Waals surface area (Å²) < 4.78 is 4.78. The smallest absolute Gasteiger partial charge is 0.316 e. The third-order valence-electron chi connectivity index (χ3n) is 3.13. The van der Waals surface area contributed by atoms with Gasteiger partial charge in [0.1, 0.15) is 5.41 Å². The summed E-state index contributed by atoms with van der Waals surface area (Å²) in [6, 6.07) is 0. The fourth-order valence-corrected chi connectivity index (χ4v) is 2.05. The normalized spacial score (nSPS) is 28.6. The zero-order valence-corrected chi connectivity index (χ0v) is 9.09. The Morgan fingerprint density at radius 1 is 1.57 bits per heavy atom. The summed E-state index contributed by atoms with van der Waals surface area (Å²) in [6.07, 6.45) is 1.56. The van der Waals surface area contributed by atoms with E-state index >= 15 is 0 Å². The quantitative estimate of drug-likeness (QED) is 0.631. The second-order valence-electron chi connectivity index (χ2n) is 4.41. The Kier molecular flexibility index (Phi) is 3.17. The van der Waals surface area contributed by atoms with E-state index in [1.165, 1.54) is 7.11 Å². The molecule has 1 fully saturated rings. The molecule has 1 aliphatic heterocycles. The monoisotopic (exact) mass is 201 g/mol. The van der Waals surface area contributed by atoms with E-state index in [9.17, 15) is 9.90 Å². The van der Waals surface area contributed by atoms with E-state index < -0.39 is 11.0 Å². The number of carbonyl (C=O) groups excluding carboxylic acids is 1. The van der Waals surface area contributed by atoms with Gasteiger partial charge in [-0.25, -0.2) is 0 Å². The fraction of sp³-hybridized carbons (Fsp3) is 0.900. The van der Waals surface area contributed by atoms with E-state index in [0.29, 0.717) is 13.0 Å². The van der Waals surface area contributed by atoms with Gasteiger partial charge in [-0.2, -0.15) is 0 Å². The minimum atomic E-state index is -1.05. The van der Waals surface area contributed by atoms with Gasteiger partial charge in [-0.15, -0.1) is 0 Å². The highest BCUT2D eigenvalue weighted by atomic mass is 16.5. The summed E-state index contributed by atoms with van der Waals surface area (Å²) in [7, 11) is 1.37. The lowest BCUT2D eigenvalue weighted by molar-refractivity contribution is -0.171. The lowest BCUT2D eigenvalue weighted by Crippen LogP contribution is -2.58. The number of esters is 1. The molecule has 0 radical (unpaired) electrons. The molecule has 1 rings (SSSR count). The molecular weight excluding hydrogens is 182 g/mol. The molecule has 4 heteroatoms. The van der Waals surface area contributed by atoms with Gasteiger partial charge in [-0.3, -0.25) is 4.79 Å². The summed E-state index contributed by atoms with van der Waals surface area (Å²) >= 11 is 0. The van der Waals surface area contributed by atoms with E-state index in [-0.39, 0.29) is 5.97 Å². The van der Waals surface area contributed by atoms with Crippen molar-refractivity contribution < 1.29 is 14.6 Å². The molecule has 0 aliphatic carbocycles. The molecule has 82 valence electrons. The maximum Gasteiger partial charge on any atom is 0.316 e. The number of carbonyl (C=O) groups is 1. The first-order chi connectivity index (χ1) is 6.44. The van der Waals surface area contributed by atoms with Crippen LogP contribution in [-0.2, 0) is 9.53 Å². The van der Waals surface area contributed by atoms with Crippen molar-refractivity contribution in [3.05, 3.63) is 0 Å². The maximum atomic E-state index is 11.7. The predicted octanol–water partition coefficient (Wildman–Crippen LogP) is 0.300. The zero-order valence-electron chi connectivity index (χ0n) is 9.09. The summed E-state index contributed by atoms with van der Waals surface area (Å²) in [5.74, 6) is -0.322. The molecule has 0 aromatic rings. The Hall–Kier alpha value is -0.610. The van der Waals surface area contributed by atoms with Gasteiger partial charge in [0.25, 0.3) is 0 Å². The molecule has 0 saturated carbocycles. The number of hydrogen-bond donors (Lipinski definition) is 2. The van der Waals surface area contributed by atoms with Crippen LogP contribution in [0, 0.1) is 5.41 Å². The number of aliphatic hydroxyl groups is 1. The average Bonchev–Trinajstić information content (AvgIpc) is 2.16. The van der Waals surface area contributed by atoms with Crippen LogP contribution >= 0.6 is 0 Å². The van der Waals surface area contributed by atoms with Gasteiger partial charge in [-0.1, -0.05) is 0 Å². The number of ether oxygens (including phenoxy) is 1. The molecule has 0 aromatic carbocycles. The largest absolute Gasteiger partial charge is 0.468 e. The van der Waals surface area contributed by atoms with E-state index in [2.05, 4.69) is 5.32 Å². The van der Waals surface area contributed by atoms with Crippen molar-refractivity contribution in [3.8, 4) is 0 Å². The standard InChI is InChI=1S/C10H19NO3/c1-9(2,13)10(8(12)14-3)5-4-6-11-7-10/h11,13H,4-7H2,1-3H3/t10-/m1/s1. The van der Waals surface area contributed by atoms with Crippen molar-refractivity contribution in [2.45, 2.75) is 32.3 Å². The third-order valence-corrected chi connectivity index (χ3v) is 3.13. The summed E-state index contributed by atoms with van der Waals surface area (Å²) in [6.45, 7) is 4.71. The molecule has 0 bridgehead atoms. The molecule has 0 aromatic heterocycles. The van der Waals surface area contributed by atoms with Crippen LogP contribution in [0.3, 0.4) is 0 Å². The summed E-state index contributed by atoms with van der Waals surface area (Å²) in [4.78, 5) is 11.7. The average molecular weight is 201 g/mol. The first-order valence-corrected chi connectivity index (χ1v) is 4.95. The number of hydrogen-bond acceptors (Lipinski definition) is 4. The van der Waals surface area contributed by atoms with Gasteiger partial charge in [0.2, 0.25) is 0 Å². The Bertz CT molecular complexity index is 214. The lowest BCUT2D eigenvalue weighted by atomic mass is 9.69. The Morgan fingerprint density at radius 2 is 2.21 bits per heavy atom. The Morgan fingerprint density at radius 3 is 2.57 bits per heavy atom. The summed E-state index contributed by atoms with van der Waals surface area (Å²) in [5.41, 5.74) is -1.84. The molecule has 14 heavy (non-hydrogen) atoms. The van der Waals surface area contributed by atoms with Crippen molar-refractivity contribution in [1.29, 1.82) is 0 Å². The lowest BCUT2D eigenvalue weighted by Gasteiger charge is -2.43. The van der Waals surface area contributed by atoms with Crippen molar-refractivity contribution in [2.75, 3.05) is 20.2 Å². The SMILES string of the molecule is COC(=O)[C@@]1(C(C)(C)O)CCCNC1. The minimum Gasteiger partial charge on any atom is -0.468 e. The molecule has 2 N–H and O–H groups in total. The minimum absolute atomic E-state index is 0.322. The highest BCUT2D eigenvalue weighted by Crippen LogP contribution is 2.38. The van der Waals surface area contributed by atoms with Crippen molar-refractivity contribution in [3.63, 3.8) is 0 Å². The molecular formula is C10H19NO3. The second kappa shape index (κ2) is 3.87. The van der Waals surface area contributed by atoms with Crippen LogP contribution < -0.4 is 5.32 Å². The third kappa shape index (κ3) is 1.77. The first-order valence-electron chi connectivity index (χ1n) is 4.95. The van der Waals surface area contributed by atoms with E-state index in [0.717, 1.165) is 13.0 Å². The Labute approximate surface area is 84.6 Å². The molecule has 0 spiro atoms. The predicted molar refractivity (Wildman–Crippen MR) is 52.9 cm³/mol. The number of methoxy groups -OCH3 is 1. The highest BCUT2D eigenvalue weighted by molar-refractivity contribution is 5.78. The first kappa shape index (κ1) is 11.5. The van der Waals surface area contributed by atoms with Crippen LogP contribution in [0.15, 0.2) is 0 Å². The van der Waals surface area contributed by atoms with E-state index in [1.807, 2.05) is 0 Å². The van der Waals surface area contributed by atoms with Crippen molar-refractivity contribution in [1.82, 2.24) is 5.32 Å². The molecule has 1 saturated heterocycles. The van der Waals surface area contributed by atoms with Gasteiger partial charge in [0, 0.05) is 6.54 Å². The summed E-state index contributed by atoms with van der Waals surface area (Å²) in [5, 5.41) is 13.2. The van der Waals surface area contributed by atoms with Gasteiger partial charge < -0.3 is 15.2 Å². The van der Waals surface area contributed by atoms with Gasteiger partial charge in [0.05, 0.1) is 12.7 Å². The number of nitrogens with one attached hydrogen (secondary N) is 1. The van der Waals surface area contributed by atoms with Crippen LogP contribution in [0.25, 0.3) is 0 Å². The number of rotatable bonds is 2. The number of piperidine rings is 1. The highest BCUT2D eigenvalue weighted by Gasteiger charge is 2.51. The van der Waals surface area contributed by atoms with Crippen LogP contribution in [0.4, 0.5) is 0 Å². The van der Waals surface area contributed by atoms with Crippen LogP contribution in [0.5, 0.6) is 0 Å². The van der Waals surface area contributed by atoms with E-state index in [1.54, 1.807) is 13.8 Å². The van der Waals surface area contributed by atoms with Gasteiger partial charge in [0.15, 0.2) is 0 Å². The van der Waals surface area contributed by atoms with E-state index in [4.69, 9.17) is 4.74 Å². The van der Waals surface area contributed by atoms with Crippen molar-refractivity contribution in [2.24, 2.45) is 5.41 Å². The van der Waals surface area contributed by atoms with Crippen LogP contribution in [-0.4, -0.2) is 36.9 Å². The van der Waals surface area contributed by atoms with Crippen LogP contribution in [0.2, 0.25) is 0 Å². The molecule has 1 atom stereocenters. The maximum absolute atomic E-state index is 11.7. The molecule has 1 aliphatic rings.